The summed E-state index contributed by atoms with van der Waals surface area (Å²) >= 11 is 0. The Kier molecular flexibility index (Phi) is 12.8. The van der Waals surface area contributed by atoms with Crippen molar-refractivity contribution in [2.45, 2.75) is 38.5 Å². The average molecular weight is 233 g/mol. The van der Waals surface area contributed by atoms with Crippen LogP contribution in [0.2, 0.25) is 0 Å². The maximum atomic E-state index is 8.91. The van der Waals surface area contributed by atoms with E-state index < -0.39 is 0 Å². The van der Waals surface area contributed by atoms with Gasteiger partial charge < -0.3 is 20.2 Å². The van der Waals surface area contributed by atoms with Crippen molar-refractivity contribution < 1.29 is 15.3 Å². The summed E-state index contributed by atoms with van der Waals surface area (Å²) in [5.74, 6) is 0. The molecule has 0 aliphatic rings. The molecule has 0 aliphatic carbocycles. The van der Waals surface area contributed by atoms with Gasteiger partial charge in [-0.15, -0.1) is 0 Å². The topological polar surface area (TPSA) is 63.9 Å². The van der Waals surface area contributed by atoms with Crippen molar-refractivity contribution in [2.24, 2.45) is 0 Å². The first-order chi connectivity index (χ1) is 7.85. The van der Waals surface area contributed by atoms with Gasteiger partial charge in [-0.05, 0) is 38.8 Å². The fourth-order valence-corrected chi connectivity index (χ4v) is 1.72. The highest BCUT2D eigenvalue weighted by atomic mass is 16.3. The van der Waals surface area contributed by atoms with E-state index in [1.807, 2.05) is 0 Å². The van der Waals surface area contributed by atoms with Crippen LogP contribution in [-0.4, -0.2) is 59.7 Å². The van der Waals surface area contributed by atoms with Gasteiger partial charge in [-0.3, -0.25) is 0 Å². The van der Waals surface area contributed by atoms with Crippen LogP contribution in [0.25, 0.3) is 0 Å². The maximum absolute atomic E-state index is 8.91. The van der Waals surface area contributed by atoms with Crippen LogP contribution in [0.5, 0.6) is 0 Å². The Morgan fingerprint density at radius 1 is 0.500 bits per heavy atom. The summed E-state index contributed by atoms with van der Waals surface area (Å²) in [5.41, 5.74) is 0. The number of unbranched alkanes of at least 4 members (excludes halogenated alkanes) is 4. The van der Waals surface area contributed by atoms with Gasteiger partial charge in [-0.2, -0.15) is 0 Å². The summed E-state index contributed by atoms with van der Waals surface area (Å²) in [6, 6.07) is 0. The van der Waals surface area contributed by atoms with E-state index >= 15 is 0 Å². The number of aliphatic hydroxyl groups excluding tert-OH is 3. The normalized spacial score (nSPS) is 11.2. The van der Waals surface area contributed by atoms with Crippen LogP contribution in [0, 0.1) is 0 Å². The largest absolute Gasteiger partial charge is 0.396 e. The lowest BCUT2D eigenvalue weighted by atomic mass is 10.2. The lowest BCUT2D eigenvalue weighted by molar-refractivity contribution is 0.185. The highest BCUT2D eigenvalue weighted by molar-refractivity contribution is 4.58. The van der Waals surface area contributed by atoms with E-state index in [1.165, 1.54) is 0 Å². The number of aliphatic hydroxyl groups is 3. The van der Waals surface area contributed by atoms with Gasteiger partial charge in [0.2, 0.25) is 0 Å². The number of hydrogen-bond acceptors (Lipinski definition) is 4. The van der Waals surface area contributed by atoms with E-state index in [9.17, 15) is 0 Å². The Labute approximate surface area is 98.9 Å². The van der Waals surface area contributed by atoms with Gasteiger partial charge in [0.15, 0.2) is 0 Å². The summed E-state index contributed by atoms with van der Waals surface area (Å²) in [6.45, 7) is 3.44. The molecule has 0 aromatic heterocycles. The molecular weight excluding hydrogens is 206 g/mol. The molecule has 0 amide bonds. The summed E-state index contributed by atoms with van der Waals surface area (Å²) in [6.07, 6.45) is 6.08. The summed E-state index contributed by atoms with van der Waals surface area (Å²) in [7, 11) is 0. The third-order valence-corrected chi connectivity index (χ3v) is 2.68. The van der Waals surface area contributed by atoms with Crippen LogP contribution in [0.1, 0.15) is 38.5 Å². The second kappa shape index (κ2) is 12.9. The second-order valence-electron chi connectivity index (χ2n) is 4.13. The van der Waals surface area contributed by atoms with E-state index in [4.69, 9.17) is 15.3 Å². The molecule has 4 heteroatoms. The molecule has 0 heterocycles. The zero-order valence-corrected chi connectivity index (χ0v) is 10.3. The SMILES string of the molecule is OCCCCCCN(CCO)CCCCO. The molecule has 3 N–H and O–H groups in total. The lowest BCUT2D eigenvalue weighted by Crippen LogP contribution is -2.29. The van der Waals surface area contributed by atoms with Crippen LogP contribution in [0.3, 0.4) is 0 Å². The quantitative estimate of drug-likeness (QED) is 0.432. The smallest absolute Gasteiger partial charge is 0.0558 e. The summed E-state index contributed by atoms with van der Waals surface area (Å²) in [5, 5.41) is 26.2. The van der Waals surface area contributed by atoms with Crippen LogP contribution >= 0.6 is 0 Å². The fraction of sp³-hybridized carbons (Fsp3) is 1.00. The van der Waals surface area contributed by atoms with E-state index in [0.29, 0.717) is 0 Å². The van der Waals surface area contributed by atoms with Crippen LogP contribution in [0.15, 0.2) is 0 Å². The molecule has 0 rings (SSSR count). The first-order valence-corrected chi connectivity index (χ1v) is 6.40. The van der Waals surface area contributed by atoms with Crippen LogP contribution in [-0.2, 0) is 0 Å². The van der Waals surface area contributed by atoms with E-state index in [0.717, 1.165) is 58.2 Å². The first-order valence-electron chi connectivity index (χ1n) is 6.40. The molecular formula is C12H27NO3. The standard InChI is InChI=1S/C12H27NO3/c14-10-5-2-1-3-7-13(9-12-16)8-4-6-11-15/h14-16H,1-12H2. The third kappa shape index (κ3) is 10.4. The van der Waals surface area contributed by atoms with Gasteiger partial charge in [0.05, 0.1) is 6.61 Å². The molecule has 98 valence electrons. The molecule has 0 aliphatic heterocycles. The average Bonchev–Trinajstić information content (AvgIpc) is 2.29. The maximum Gasteiger partial charge on any atom is 0.0558 e. The molecule has 0 atom stereocenters. The van der Waals surface area contributed by atoms with Gasteiger partial charge in [-0.1, -0.05) is 12.8 Å². The van der Waals surface area contributed by atoms with Crippen molar-refractivity contribution >= 4 is 0 Å². The molecule has 0 saturated heterocycles. The van der Waals surface area contributed by atoms with Crippen molar-refractivity contribution in [3.05, 3.63) is 0 Å². The van der Waals surface area contributed by atoms with Gasteiger partial charge >= 0.3 is 0 Å². The molecule has 0 aromatic rings. The Balaban J connectivity index is 3.43. The highest BCUT2D eigenvalue weighted by Crippen LogP contribution is 2.02. The predicted octanol–water partition coefficient (Wildman–Crippen LogP) is 0.606. The predicted molar refractivity (Wildman–Crippen MR) is 65.4 cm³/mol. The molecule has 0 unspecified atom stereocenters. The van der Waals surface area contributed by atoms with Crippen molar-refractivity contribution in [3.63, 3.8) is 0 Å². The van der Waals surface area contributed by atoms with Crippen molar-refractivity contribution in [2.75, 3.05) is 39.5 Å². The fourth-order valence-electron chi connectivity index (χ4n) is 1.72. The molecule has 0 radical (unpaired) electrons. The van der Waals surface area contributed by atoms with Gasteiger partial charge in [0, 0.05) is 19.8 Å². The number of hydrogen-bond donors (Lipinski definition) is 3. The number of rotatable bonds is 12. The Morgan fingerprint density at radius 2 is 1.00 bits per heavy atom. The van der Waals surface area contributed by atoms with Gasteiger partial charge in [0.25, 0.3) is 0 Å². The zero-order chi connectivity index (χ0) is 12.1. The molecule has 0 fully saturated rings. The summed E-state index contributed by atoms with van der Waals surface area (Å²) < 4.78 is 0. The Bertz CT molecular complexity index is 133. The van der Waals surface area contributed by atoms with E-state index in [1.54, 1.807) is 0 Å². The minimum atomic E-state index is 0.204. The summed E-state index contributed by atoms with van der Waals surface area (Å²) in [4.78, 5) is 2.24. The molecule has 4 nitrogen and oxygen atoms in total. The van der Waals surface area contributed by atoms with Crippen LogP contribution < -0.4 is 0 Å². The first kappa shape index (κ1) is 15.8. The third-order valence-electron chi connectivity index (χ3n) is 2.68. The van der Waals surface area contributed by atoms with Crippen molar-refractivity contribution in [3.8, 4) is 0 Å². The van der Waals surface area contributed by atoms with Gasteiger partial charge in [-0.25, -0.2) is 0 Å². The lowest BCUT2D eigenvalue weighted by Gasteiger charge is -2.20. The zero-order valence-electron chi connectivity index (χ0n) is 10.3. The molecule has 0 spiro atoms. The van der Waals surface area contributed by atoms with Crippen molar-refractivity contribution in [1.29, 1.82) is 0 Å². The molecule has 0 aromatic carbocycles. The van der Waals surface area contributed by atoms with E-state index in [2.05, 4.69) is 4.90 Å². The number of nitrogens with zero attached hydrogens (tertiary/aromatic N) is 1. The monoisotopic (exact) mass is 233 g/mol. The Hall–Kier alpha value is -0.160. The Morgan fingerprint density at radius 3 is 1.56 bits per heavy atom. The van der Waals surface area contributed by atoms with Gasteiger partial charge in [0.1, 0.15) is 0 Å². The van der Waals surface area contributed by atoms with Crippen LogP contribution in [0.4, 0.5) is 0 Å². The molecule has 0 bridgehead atoms. The highest BCUT2D eigenvalue weighted by Gasteiger charge is 2.03. The molecule has 0 saturated carbocycles. The second-order valence-corrected chi connectivity index (χ2v) is 4.13. The minimum absolute atomic E-state index is 0.204. The molecule has 16 heavy (non-hydrogen) atoms. The minimum Gasteiger partial charge on any atom is -0.396 e. The van der Waals surface area contributed by atoms with Crippen molar-refractivity contribution in [1.82, 2.24) is 4.90 Å². The van der Waals surface area contributed by atoms with E-state index in [-0.39, 0.29) is 19.8 Å².